The molecular weight excluding hydrogens is 250 g/mol. The average Bonchev–Trinajstić information content (AvgIpc) is 3.08. The van der Waals surface area contributed by atoms with Gasteiger partial charge in [0, 0.05) is 22.2 Å². The molecule has 2 N–H and O–H groups in total. The van der Waals surface area contributed by atoms with Crippen LogP contribution in [0.1, 0.15) is 30.9 Å². The van der Waals surface area contributed by atoms with Gasteiger partial charge in [0.25, 0.3) is 0 Å². The summed E-state index contributed by atoms with van der Waals surface area (Å²) in [5.41, 5.74) is 8.48. The summed E-state index contributed by atoms with van der Waals surface area (Å²) in [5, 5.41) is 0.757. The van der Waals surface area contributed by atoms with E-state index in [0.29, 0.717) is 13.2 Å². The fourth-order valence-corrected chi connectivity index (χ4v) is 2.79. The molecule has 1 heterocycles. The molecule has 0 unspecified atom stereocenters. The van der Waals surface area contributed by atoms with Gasteiger partial charge in [-0.3, -0.25) is 0 Å². The molecule has 1 aliphatic carbocycles. The Morgan fingerprint density at radius 3 is 2.67 bits per heavy atom. The van der Waals surface area contributed by atoms with E-state index in [-0.39, 0.29) is 5.54 Å². The standard InChI is InChI=1S/C14H18ClNO2/c1-2-9-10(8-14(16)3-4-14)11(15)7-12-13(9)18-6-5-17-12/h7H,2-6,8,16H2,1H3. The molecule has 1 aromatic rings. The van der Waals surface area contributed by atoms with Crippen molar-refractivity contribution in [2.24, 2.45) is 5.73 Å². The molecule has 0 radical (unpaired) electrons. The van der Waals surface area contributed by atoms with Crippen LogP contribution in [0.3, 0.4) is 0 Å². The number of fused-ring (bicyclic) bond motifs is 1. The molecule has 0 saturated heterocycles. The number of hydrogen-bond acceptors (Lipinski definition) is 3. The van der Waals surface area contributed by atoms with Gasteiger partial charge in [0.2, 0.25) is 0 Å². The van der Waals surface area contributed by atoms with Crippen molar-refractivity contribution in [2.75, 3.05) is 13.2 Å². The first kappa shape index (κ1) is 12.1. The Balaban J connectivity index is 2.06. The summed E-state index contributed by atoms with van der Waals surface area (Å²) in [6.45, 7) is 3.31. The fourth-order valence-electron chi connectivity index (χ4n) is 2.51. The number of hydrogen-bond donors (Lipinski definition) is 1. The zero-order valence-corrected chi connectivity index (χ0v) is 11.3. The number of halogens is 1. The Labute approximate surface area is 112 Å². The summed E-state index contributed by atoms with van der Waals surface area (Å²) in [4.78, 5) is 0. The van der Waals surface area contributed by atoms with E-state index in [2.05, 4.69) is 6.92 Å². The zero-order chi connectivity index (χ0) is 12.8. The third kappa shape index (κ3) is 2.06. The second kappa shape index (κ2) is 4.32. The zero-order valence-electron chi connectivity index (χ0n) is 10.6. The van der Waals surface area contributed by atoms with Crippen LogP contribution in [-0.2, 0) is 12.8 Å². The van der Waals surface area contributed by atoms with E-state index >= 15 is 0 Å². The van der Waals surface area contributed by atoms with Crippen molar-refractivity contribution < 1.29 is 9.47 Å². The smallest absolute Gasteiger partial charge is 0.164 e. The minimum Gasteiger partial charge on any atom is -0.486 e. The summed E-state index contributed by atoms with van der Waals surface area (Å²) >= 11 is 6.39. The number of benzene rings is 1. The number of nitrogens with two attached hydrogens (primary N) is 1. The first-order chi connectivity index (χ1) is 8.63. The minimum atomic E-state index is -0.0443. The lowest BCUT2D eigenvalue weighted by atomic mass is 9.96. The van der Waals surface area contributed by atoms with E-state index in [4.69, 9.17) is 26.8 Å². The Morgan fingerprint density at radius 2 is 2.00 bits per heavy atom. The van der Waals surface area contributed by atoms with E-state index in [9.17, 15) is 0 Å². The molecule has 3 rings (SSSR count). The molecule has 3 nitrogen and oxygen atoms in total. The Hall–Kier alpha value is -0.930. The van der Waals surface area contributed by atoms with Crippen molar-refractivity contribution in [1.82, 2.24) is 0 Å². The maximum absolute atomic E-state index is 6.39. The van der Waals surface area contributed by atoms with Crippen LogP contribution in [0.25, 0.3) is 0 Å². The van der Waals surface area contributed by atoms with Crippen LogP contribution < -0.4 is 15.2 Å². The van der Waals surface area contributed by atoms with Gasteiger partial charge in [0.05, 0.1) is 0 Å². The van der Waals surface area contributed by atoms with E-state index in [1.54, 1.807) is 0 Å². The molecule has 98 valence electrons. The molecule has 2 aliphatic rings. The molecule has 0 spiro atoms. The number of rotatable bonds is 3. The molecule has 4 heteroatoms. The molecular formula is C14H18ClNO2. The summed E-state index contributed by atoms with van der Waals surface area (Å²) in [7, 11) is 0. The van der Waals surface area contributed by atoms with Gasteiger partial charge in [-0.1, -0.05) is 18.5 Å². The lowest BCUT2D eigenvalue weighted by Gasteiger charge is -2.24. The van der Waals surface area contributed by atoms with Crippen molar-refractivity contribution in [1.29, 1.82) is 0 Å². The highest BCUT2D eigenvalue weighted by atomic mass is 35.5. The molecule has 0 aromatic heterocycles. The second-order valence-corrected chi connectivity index (χ2v) is 5.64. The predicted molar refractivity (Wildman–Crippen MR) is 71.7 cm³/mol. The molecule has 18 heavy (non-hydrogen) atoms. The molecule has 1 aromatic carbocycles. The summed E-state index contributed by atoms with van der Waals surface area (Å²) in [6, 6.07) is 1.87. The van der Waals surface area contributed by atoms with Crippen molar-refractivity contribution in [2.45, 2.75) is 38.1 Å². The third-order valence-corrected chi connectivity index (χ3v) is 4.11. The topological polar surface area (TPSA) is 44.5 Å². The quantitative estimate of drug-likeness (QED) is 0.916. The molecule has 1 fully saturated rings. The van der Waals surface area contributed by atoms with E-state index in [1.165, 1.54) is 0 Å². The molecule has 1 aliphatic heterocycles. The van der Waals surface area contributed by atoms with Gasteiger partial charge >= 0.3 is 0 Å². The lowest BCUT2D eigenvalue weighted by Crippen LogP contribution is -2.26. The van der Waals surface area contributed by atoms with Gasteiger partial charge in [-0.2, -0.15) is 0 Å². The second-order valence-electron chi connectivity index (χ2n) is 5.23. The summed E-state index contributed by atoms with van der Waals surface area (Å²) in [6.07, 6.45) is 3.89. The van der Waals surface area contributed by atoms with Gasteiger partial charge in [-0.25, -0.2) is 0 Å². The summed E-state index contributed by atoms with van der Waals surface area (Å²) in [5.74, 6) is 1.64. The van der Waals surface area contributed by atoms with Crippen molar-refractivity contribution in [3.63, 3.8) is 0 Å². The average molecular weight is 268 g/mol. The number of ether oxygens (including phenoxy) is 2. The highest BCUT2D eigenvalue weighted by Gasteiger charge is 2.39. The Kier molecular flexibility index (Phi) is 2.91. The molecule has 0 amide bonds. The lowest BCUT2D eigenvalue weighted by molar-refractivity contribution is 0.170. The maximum atomic E-state index is 6.39. The van der Waals surface area contributed by atoms with Crippen molar-refractivity contribution in [3.05, 3.63) is 22.2 Å². The van der Waals surface area contributed by atoms with Crippen LogP contribution in [0.4, 0.5) is 0 Å². The SMILES string of the molecule is CCc1c(CC2(N)CC2)c(Cl)cc2c1OCCO2. The van der Waals surface area contributed by atoms with Gasteiger partial charge < -0.3 is 15.2 Å². The largest absolute Gasteiger partial charge is 0.486 e. The fraction of sp³-hybridized carbons (Fsp3) is 0.571. The van der Waals surface area contributed by atoms with E-state index < -0.39 is 0 Å². The molecule has 1 saturated carbocycles. The van der Waals surface area contributed by atoms with Gasteiger partial charge in [0.1, 0.15) is 13.2 Å². The van der Waals surface area contributed by atoms with Gasteiger partial charge in [-0.15, -0.1) is 0 Å². The Bertz CT molecular complexity index is 483. The first-order valence-electron chi connectivity index (χ1n) is 6.52. The first-order valence-corrected chi connectivity index (χ1v) is 6.89. The normalized spacial score (nSPS) is 19.7. The van der Waals surface area contributed by atoms with Crippen LogP contribution >= 0.6 is 11.6 Å². The molecule has 0 bridgehead atoms. The third-order valence-electron chi connectivity index (χ3n) is 3.77. The van der Waals surface area contributed by atoms with Crippen LogP contribution in [0.15, 0.2) is 6.07 Å². The summed E-state index contributed by atoms with van der Waals surface area (Å²) < 4.78 is 11.4. The van der Waals surface area contributed by atoms with E-state index in [1.807, 2.05) is 6.07 Å². The Morgan fingerprint density at radius 1 is 1.28 bits per heavy atom. The monoisotopic (exact) mass is 267 g/mol. The van der Waals surface area contributed by atoms with Crippen LogP contribution in [0.2, 0.25) is 5.02 Å². The van der Waals surface area contributed by atoms with Gasteiger partial charge in [0.15, 0.2) is 11.5 Å². The van der Waals surface area contributed by atoms with Gasteiger partial charge in [-0.05, 0) is 31.2 Å². The van der Waals surface area contributed by atoms with Crippen molar-refractivity contribution >= 4 is 11.6 Å². The highest BCUT2D eigenvalue weighted by molar-refractivity contribution is 6.31. The van der Waals surface area contributed by atoms with Crippen LogP contribution in [0, 0.1) is 0 Å². The van der Waals surface area contributed by atoms with E-state index in [0.717, 1.165) is 53.3 Å². The predicted octanol–water partition coefficient (Wildman–Crippen LogP) is 2.71. The van der Waals surface area contributed by atoms with Crippen LogP contribution in [-0.4, -0.2) is 18.8 Å². The van der Waals surface area contributed by atoms with Crippen LogP contribution in [0.5, 0.6) is 11.5 Å². The molecule has 0 atom stereocenters. The minimum absolute atomic E-state index is 0.0443. The van der Waals surface area contributed by atoms with Crippen molar-refractivity contribution in [3.8, 4) is 11.5 Å². The maximum Gasteiger partial charge on any atom is 0.164 e. The highest BCUT2D eigenvalue weighted by Crippen LogP contribution is 2.44.